The lowest BCUT2D eigenvalue weighted by molar-refractivity contribution is -0.127. The molecule has 3 amide bonds. The Balaban J connectivity index is 2.15. The van der Waals surface area contributed by atoms with E-state index in [9.17, 15) is 14.4 Å². The van der Waals surface area contributed by atoms with Crippen molar-refractivity contribution in [3.8, 4) is 17.2 Å². The predicted octanol–water partition coefficient (Wildman–Crippen LogP) is 4.58. The van der Waals surface area contributed by atoms with Gasteiger partial charge in [0.1, 0.15) is 11.8 Å². The van der Waals surface area contributed by atoms with Gasteiger partial charge < -0.3 is 24.8 Å². The molecular weight excluding hydrogens is 518 g/mol. The van der Waals surface area contributed by atoms with Crippen LogP contribution in [-0.2, 0) is 9.59 Å². The van der Waals surface area contributed by atoms with Gasteiger partial charge in [0, 0.05) is 5.54 Å². The van der Waals surface area contributed by atoms with Crippen molar-refractivity contribution in [3.63, 3.8) is 0 Å². The number of para-hydroxylation sites is 2. The molecule has 3 aromatic rings. The van der Waals surface area contributed by atoms with Crippen molar-refractivity contribution in [2.24, 2.45) is 0 Å². The molecule has 1 aromatic heterocycles. The molecule has 0 unspecified atom stereocenters. The van der Waals surface area contributed by atoms with Crippen LogP contribution in [0.4, 0.5) is 5.69 Å². The fourth-order valence-corrected chi connectivity index (χ4v) is 4.61. The summed E-state index contributed by atoms with van der Waals surface area (Å²) in [4.78, 5) is 42.4. The van der Waals surface area contributed by atoms with Crippen molar-refractivity contribution >= 4 is 34.7 Å². The highest BCUT2D eigenvalue weighted by atomic mass is 32.1. The summed E-state index contributed by atoms with van der Waals surface area (Å²) in [7, 11) is 3.02. The van der Waals surface area contributed by atoms with Crippen molar-refractivity contribution in [3.05, 3.63) is 70.4 Å². The Labute approximate surface area is 233 Å². The number of benzene rings is 2. The second-order valence-corrected chi connectivity index (χ2v) is 10.5. The molecule has 0 bridgehead atoms. The van der Waals surface area contributed by atoms with E-state index in [1.807, 2.05) is 27.7 Å². The van der Waals surface area contributed by atoms with Gasteiger partial charge in [-0.3, -0.25) is 19.3 Å². The Kier molecular flexibility index (Phi) is 9.95. The van der Waals surface area contributed by atoms with E-state index in [4.69, 9.17) is 14.2 Å². The number of methoxy groups -OCH3 is 2. The highest BCUT2D eigenvalue weighted by molar-refractivity contribution is 7.12. The fraction of sp³-hybridized carbons (Fsp3) is 0.345. The number of rotatable bonds is 11. The number of nitrogens with one attached hydrogen (secondary N) is 2. The van der Waals surface area contributed by atoms with Crippen molar-refractivity contribution in [1.29, 1.82) is 0 Å². The summed E-state index contributed by atoms with van der Waals surface area (Å²) in [6.45, 7) is 7.42. The molecule has 2 aromatic carbocycles. The lowest BCUT2D eigenvalue weighted by atomic mass is 10.00. The molecule has 0 radical (unpaired) electrons. The van der Waals surface area contributed by atoms with E-state index in [1.54, 1.807) is 60.0 Å². The summed E-state index contributed by atoms with van der Waals surface area (Å²) in [5.41, 5.74) is 0.283. The second-order valence-electron chi connectivity index (χ2n) is 9.58. The zero-order valence-electron chi connectivity index (χ0n) is 23.1. The maximum absolute atomic E-state index is 14.0. The minimum atomic E-state index is -1.13. The third kappa shape index (κ3) is 7.51. The normalized spacial score (nSPS) is 11.7. The van der Waals surface area contributed by atoms with Crippen LogP contribution in [0.1, 0.15) is 49.0 Å². The van der Waals surface area contributed by atoms with Crippen molar-refractivity contribution in [2.45, 2.75) is 39.3 Å². The van der Waals surface area contributed by atoms with Crippen LogP contribution in [0.2, 0.25) is 0 Å². The van der Waals surface area contributed by atoms with E-state index in [2.05, 4.69) is 10.6 Å². The maximum atomic E-state index is 14.0. The molecule has 39 heavy (non-hydrogen) atoms. The molecule has 1 atom stereocenters. The van der Waals surface area contributed by atoms with Gasteiger partial charge in [-0.25, -0.2) is 0 Å². The second kappa shape index (κ2) is 13.1. The first kappa shape index (κ1) is 29.5. The monoisotopic (exact) mass is 553 g/mol. The van der Waals surface area contributed by atoms with Crippen LogP contribution in [-0.4, -0.2) is 50.6 Å². The largest absolute Gasteiger partial charge is 0.493 e. The van der Waals surface area contributed by atoms with Crippen LogP contribution >= 0.6 is 11.3 Å². The Morgan fingerprint density at radius 3 is 2.28 bits per heavy atom. The van der Waals surface area contributed by atoms with Crippen LogP contribution in [0.15, 0.2) is 60.0 Å². The lowest BCUT2D eigenvalue weighted by Crippen LogP contribution is -2.51. The Morgan fingerprint density at radius 1 is 0.949 bits per heavy atom. The summed E-state index contributed by atoms with van der Waals surface area (Å²) >= 11 is 1.27. The van der Waals surface area contributed by atoms with Gasteiger partial charge in [-0.2, -0.15) is 0 Å². The average Bonchev–Trinajstić information content (AvgIpc) is 3.45. The standard InChI is InChI=1S/C29H35N3O6S/c1-7-38-21-12-9-8-11-20(21)32(25(33)18-30-27(34)24-13-10-16-39-24)26(28(35)31-29(2,3)4)19-14-15-22(36-5)23(17-19)37-6/h8-17,26H,7,18H2,1-6H3,(H,30,34)(H,31,35)/t26-/m1/s1. The fourth-order valence-electron chi connectivity index (χ4n) is 3.97. The SMILES string of the molecule is CCOc1ccccc1N(C(=O)CNC(=O)c1cccs1)[C@@H](C(=O)NC(C)(C)C)c1ccc(OC)c(OC)c1. The van der Waals surface area contributed by atoms with Crippen LogP contribution < -0.4 is 29.7 Å². The summed E-state index contributed by atoms with van der Waals surface area (Å²) < 4.78 is 16.7. The number of hydrogen-bond donors (Lipinski definition) is 2. The van der Waals surface area contributed by atoms with Gasteiger partial charge in [0.25, 0.3) is 5.91 Å². The first-order valence-electron chi connectivity index (χ1n) is 12.5. The molecule has 0 aliphatic carbocycles. The van der Waals surface area contributed by atoms with Crippen molar-refractivity contribution < 1.29 is 28.6 Å². The highest BCUT2D eigenvalue weighted by Crippen LogP contribution is 2.38. The number of nitrogens with zero attached hydrogens (tertiary/aromatic N) is 1. The number of carbonyl (C=O) groups excluding carboxylic acids is 3. The number of carbonyl (C=O) groups is 3. The van der Waals surface area contributed by atoms with Gasteiger partial charge in [-0.1, -0.05) is 24.3 Å². The molecular formula is C29H35N3O6S. The molecule has 0 spiro atoms. The van der Waals surface area contributed by atoms with Gasteiger partial charge >= 0.3 is 0 Å². The zero-order chi connectivity index (χ0) is 28.6. The molecule has 0 saturated carbocycles. The summed E-state index contributed by atoms with van der Waals surface area (Å²) in [5, 5.41) is 7.46. The number of amides is 3. The van der Waals surface area contributed by atoms with Gasteiger partial charge in [0.15, 0.2) is 11.5 Å². The number of anilines is 1. The number of thiophene rings is 1. The topological polar surface area (TPSA) is 106 Å². The van der Waals surface area contributed by atoms with E-state index < -0.39 is 23.4 Å². The van der Waals surface area contributed by atoms with Gasteiger partial charge in [0.05, 0.1) is 37.9 Å². The minimum Gasteiger partial charge on any atom is -0.493 e. The quantitative estimate of drug-likeness (QED) is 0.360. The van der Waals surface area contributed by atoms with Gasteiger partial charge in [0.2, 0.25) is 11.8 Å². The lowest BCUT2D eigenvalue weighted by Gasteiger charge is -2.34. The first-order chi connectivity index (χ1) is 18.6. The zero-order valence-corrected chi connectivity index (χ0v) is 23.9. The van der Waals surface area contributed by atoms with Crippen molar-refractivity contribution in [2.75, 3.05) is 32.3 Å². The van der Waals surface area contributed by atoms with Crippen LogP contribution in [0, 0.1) is 0 Å². The summed E-state index contributed by atoms with van der Waals surface area (Å²) in [5.74, 6) is 0.00659. The molecule has 0 fully saturated rings. The van der Waals surface area contributed by atoms with Crippen LogP contribution in [0.25, 0.3) is 0 Å². The third-order valence-electron chi connectivity index (χ3n) is 5.57. The molecule has 3 rings (SSSR count). The van der Waals surface area contributed by atoms with Gasteiger partial charge in [-0.05, 0) is 69.0 Å². The van der Waals surface area contributed by atoms with Crippen molar-refractivity contribution in [1.82, 2.24) is 10.6 Å². The first-order valence-corrected chi connectivity index (χ1v) is 13.4. The highest BCUT2D eigenvalue weighted by Gasteiger charge is 2.36. The molecule has 1 heterocycles. The van der Waals surface area contributed by atoms with E-state index >= 15 is 0 Å². The molecule has 0 aliphatic rings. The summed E-state index contributed by atoms with van der Waals surface area (Å²) in [6, 6.07) is 14.4. The van der Waals surface area contributed by atoms with Crippen LogP contribution in [0.5, 0.6) is 17.2 Å². The number of ether oxygens (including phenoxy) is 3. The van der Waals surface area contributed by atoms with E-state index in [-0.39, 0.29) is 12.5 Å². The minimum absolute atomic E-state index is 0.343. The predicted molar refractivity (Wildman–Crippen MR) is 152 cm³/mol. The maximum Gasteiger partial charge on any atom is 0.261 e. The smallest absolute Gasteiger partial charge is 0.261 e. The molecule has 0 saturated heterocycles. The van der Waals surface area contributed by atoms with E-state index in [0.717, 1.165) is 0 Å². The Bertz CT molecular complexity index is 1290. The van der Waals surface area contributed by atoms with E-state index in [1.165, 1.54) is 30.5 Å². The van der Waals surface area contributed by atoms with E-state index in [0.29, 0.717) is 40.0 Å². The Hall–Kier alpha value is -4.05. The molecule has 0 aliphatic heterocycles. The molecule has 10 heteroatoms. The number of hydrogen-bond acceptors (Lipinski definition) is 7. The third-order valence-corrected chi connectivity index (χ3v) is 6.44. The molecule has 208 valence electrons. The Morgan fingerprint density at radius 2 is 1.67 bits per heavy atom. The molecule has 2 N–H and O–H groups in total. The van der Waals surface area contributed by atoms with Gasteiger partial charge in [-0.15, -0.1) is 11.3 Å². The molecule has 9 nitrogen and oxygen atoms in total. The average molecular weight is 554 g/mol. The van der Waals surface area contributed by atoms with Crippen LogP contribution in [0.3, 0.4) is 0 Å². The summed E-state index contributed by atoms with van der Waals surface area (Å²) in [6.07, 6.45) is 0.